The summed E-state index contributed by atoms with van der Waals surface area (Å²) in [5, 5.41) is 13.2. The number of carbonyl (C=O) groups is 1. The van der Waals surface area contributed by atoms with Crippen LogP contribution in [0.3, 0.4) is 0 Å². The van der Waals surface area contributed by atoms with E-state index < -0.39 is 5.97 Å². The van der Waals surface area contributed by atoms with Crippen LogP contribution in [0.2, 0.25) is 0 Å². The molecule has 94 valence electrons. The van der Waals surface area contributed by atoms with Gasteiger partial charge in [-0.15, -0.1) is 0 Å². The van der Waals surface area contributed by atoms with Crippen molar-refractivity contribution in [3.8, 4) is 11.1 Å². The maximum atomic E-state index is 10.7. The fourth-order valence-electron chi connectivity index (χ4n) is 1.82. The van der Waals surface area contributed by atoms with Crippen LogP contribution >= 0.6 is 0 Å². The number of carboxylic acids is 1. The quantitative estimate of drug-likeness (QED) is 0.897. The van der Waals surface area contributed by atoms with E-state index in [1.165, 1.54) is 6.07 Å². The summed E-state index contributed by atoms with van der Waals surface area (Å²) >= 11 is 0. The molecular weight excluding hydrogens is 230 g/mol. The smallest absolute Gasteiger partial charge is 0.354 e. The number of pyridine rings is 1. The second-order valence-electron chi connectivity index (χ2n) is 4.13. The molecule has 2 aromatic heterocycles. The topological polar surface area (TPSA) is 68.0 Å². The number of hydrogen-bond acceptors (Lipinski definition) is 3. The lowest BCUT2D eigenvalue weighted by molar-refractivity contribution is 0.0690. The van der Waals surface area contributed by atoms with Gasteiger partial charge in [-0.25, -0.2) is 9.78 Å². The predicted octanol–water partition coefficient (Wildman–Crippen LogP) is 2.36. The molecule has 2 aromatic rings. The lowest BCUT2D eigenvalue weighted by Crippen LogP contribution is -1.99. The van der Waals surface area contributed by atoms with Gasteiger partial charge in [0.25, 0.3) is 0 Å². The number of carboxylic acid groups (broad SMARTS) is 1. The van der Waals surface area contributed by atoms with Crippen LogP contribution in [0.5, 0.6) is 0 Å². The van der Waals surface area contributed by atoms with Crippen molar-refractivity contribution in [2.45, 2.75) is 26.8 Å². The van der Waals surface area contributed by atoms with Gasteiger partial charge in [-0.1, -0.05) is 13.0 Å². The molecule has 0 unspecified atom stereocenters. The molecule has 0 aromatic carbocycles. The molecule has 2 rings (SSSR count). The van der Waals surface area contributed by atoms with E-state index in [0.717, 1.165) is 29.8 Å². The molecule has 0 aliphatic carbocycles. The third kappa shape index (κ3) is 2.40. The summed E-state index contributed by atoms with van der Waals surface area (Å²) in [6.07, 6.45) is 4.57. The summed E-state index contributed by atoms with van der Waals surface area (Å²) < 4.78 is 1.90. The molecule has 0 fully saturated rings. The van der Waals surface area contributed by atoms with Crippen LogP contribution in [0.4, 0.5) is 0 Å². The number of aromatic carboxylic acids is 1. The van der Waals surface area contributed by atoms with Crippen LogP contribution in [-0.2, 0) is 6.54 Å². The Morgan fingerprint density at radius 3 is 2.78 bits per heavy atom. The van der Waals surface area contributed by atoms with E-state index in [1.807, 2.05) is 17.8 Å². The zero-order valence-corrected chi connectivity index (χ0v) is 10.4. The van der Waals surface area contributed by atoms with E-state index in [1.54, 1.807) is 12.3 Å². The van der Waals surface area contributed by atoms with Crippen LogP contribution in [0.15, 0.2) is 24.5 Å². The van der Waals surface area contributed by atoms with Gasteiger partial charge in [0.2, 0.25) is 0 Å². The van der Waals surface area contributed by atoms with Crippen LogP contribution in [0.1, 0.15) is 29.5 Å². The van der Waals surface area contributed by atoms with Crippen molar-refractivity contribution in [3.05, 3.63) is 35.9 Å². The van der Waals surface area contributed by atoms with Crippen molar-refractivity contribution in [1.29, 1.82) is 0 Å². The standard InChI is InChI=1S/C13H15N3O2/c1-3-6-16-8-11(9(2)15-16)10-4-5-12(13(17)18)14-7-10/h4-5,7-8H,3,6H2,1-2H3,(H,17,18). The van der Waals surface area contributed by atoms with E-state index in [4.69, 9.17) is 5.11 Å². The van der Waals surface area contributed by atoms with E-state index in [9.17, 15) is 4.79 Å². The van der Waals surface area contributed by atoms with Crippen molar-refractivity contribution in [1.82, 2.24) is 14.8 Å². The number of aryl methyl sites for hydroxylation is 2. The van der Waals surface area contributed by atoms with Gasteiger partial charge >= 0.3 is 5.97 Å². The first-order valence-electron chi connectivity index (χ1n) is 5.85. The molecule has 0 aliphatic rings. The molecule has 5 heteroatoms. The molecule has 0 saturated carbocycles. The van der Waals surface area contributed by atoms with Crippen molar-refractivity contribution in [2.75, 3.05) is 0 Å². The van der Waals surface area contributed by atoms with E-state index in [-0.39, 0.29) is 5.69 Å². The first kappa shape index (κ1) is 12.3. The number of aromatic nitrogens is 3. The number of rotatable bonds is 4. The molecule has 0 bridgehead atoms. The first-order valence-corrected chi connectivity index (χ1v) is 5.85. The van der Waals surface area contributed by atoms with Gasteiger partial charge in [-0.05, 0) is 19.4 Å². The zero-order chi connectivity index (χ0) is 13.1. The third-order valence-electron chi connectivity index (χ3n) is 2.69. The predicted molar refractivity (Wildman–Crippen MR) is 67.4 cm³/mol. The average molecular weight is 245 g/mol. The van der Waals surface area contributed by atoms with Crippen molar-refractivity contribution < 1.29 is 9.90 Å². The Labute approximate surface area is 105 Å². The summed E-state index contributed by atoms with van der Waals surface area (Å²) in [5.41, 5.74) is 2.86. The Kier molecular flexibility index (Phi) is 3.41. The summed E-state index contributed by atoms with van der Waals surface area (Å²) in [4.78, 5) is 14.6. The van der Waals surface area contributed by atoms with Gasteiger partial charge in [-0.3, -0.25) is 4.68 Å². The van der Waals surface area contributed by atoms with Gasteiger partial charge < -0.3 is 5.11 Å². The molecule has 0 spiro atoms. The Morgan fingerprint density at radius 1 is 1.44 bits per heavy atom. The van der Waals surface area contributed by atoms with Gasteiger partial charge in [0.1, 0.15) is 5.69 Å². The molecule has 1 N–H and O–H groups in total. The summed E-state index contributed by atoms with van der Waals surface area (Å²) in [7, 11) is 0. The lowest BCUT2D eigenvalue weighted by Gasteiger charge is -1.99. The van der Waals surface area contributed by atoms with E-state index in [0.29, 0.717) is 0 Å². The summed E-state index contributed by atoms with van der Waals surface area (Å²) in [6, 6.07) is 3.27. The third-order valence-corrected chi connectivity index (χ3v) is 2.69. The summed E-state index contributed by atoms with van der Waals surface area (Å²) in [6.45, 7) is 4.91. The fourth-order valence-corrected chi connectivity index (χ4v) is 1.82. The molecule has 0 saturated heterocycles. The minimum absolute atomic E-state index is 0.0531. The molecule has 5 nitrogen and oxygen atoms in total. The first-order chi connectivity index (χ1) is 8.61. The average Bonchev–Trinajstić information content (AvgIpc) is 2.71. The second-order valence-corrected chi connectivity index (χ2v) is 4.13. The van der Waals surface area contributed by atoms with Crippen LogP contribution in [-0.4, -0.2) is 25.8 Å². The van der Waals surface area contributed by atoms with Crippen LogP contribution in [0, 0.1) is 6.92 Å². The van der Waals surface area contributed by atoms with E-state index in [2.05, 4.69) is 17.0 Å². The highest BCUT2D eigenvalue weighted by molar-refractivity contribution is 5.85. The number of hydrogen-bond donors (Lipinski definition) is 1. The van der Waals surface area contributed by atoms with Crippen molar-refractivity contribution >= 4 is 5.97 Å². The second kappa shape index (κ2) is 5.00. The number of nitrogens with zero attached hydrogens (tertiary/aromatic N) is 3. The Hall–Kier alpha value is -2.17. The Morgan fingerprint density at radius 2 is 2.22 bits per heavy atom. The SMILES string of the molecule is CCCn1cc(-c2ccc(C(=O)O)nc2)c(C)n1. The van der Waals surface area contributed by atoms with Crippen LogP contribution < -0.4 is 0 Å². The largest absolute Gasteiger partial charge is 0.477 e. The molecule has 0 atom stereocenters. The highest BCUT2D eigenvalue weighted by Gasteiger charge is 2.09. The van der Waals surface area contributed by atoms with Crippen molar-refractivity contribution in [2.24, 2.45) is 0 Å². The Bertz CT molecular complexity index is 558. The highest BCUT2D eigenvalue weighted by Crippen LogP contribution is 2.21. The summed E-state index contributed by atoms with van der Waals surface area (Å²) in [5.74, 6) is -1.01. The minimum Gasteiger partial charge on any atom is -0.477 e. The monoisotopic (exact) mass is 245 g/mol. The van der Waals surface area contributed by atoms with Crippen molar-refractivity contribution in [3.63, 3.8) is 0 Å². The normalized spacial score (nSPS) is 10.6. The van der Waals surface area contributed by atoms with Gasteiger partial charge in [0.05, 0.1) is 5.69 Å². The zero-order valence-electron chi connectivity index (χ0n) is 10.4. The highest BCUT2D eigenvalue weighted by atomic mass is 16.4. The van der Waals surface area contributed by atoms with Gasteiger partial charge in [0.15, 0.2) is 0 Å². The molecule has 0 amide bonds. The van der Waals surface area contributed by atoms with Crippen LogP contribution in [0.25, 0.3) is 11.1 Å². The van der Waals surface area contributed by atoms with Gasteiger partial charge in [0, 0.05) is 30.1 Å². The fraction of sp³-hybridized carbons (Fsp3) is 0.308. The maximum absolute atomic E-state index is 10.7. The molecule has 0 radical (unpaired) electrons. The molecule has 0 aliphatic heterocycles. The lowest BCUT2D eigenvalue weighted by atomic mass is 10.1. The van der Waals surface area contributed by atoms with E-state index >= 15 is 0 Å². The molecule has 18 heavy (non-hydrogen) atoms. The maximum Gasteiger partial charge on any atom is 0.354 e. The minimum atomic E-state index is -1.01. The Balaban J connectivity index is 2.33. The van der Waals surface area contributed by atoms with Gasteiger partial charge in [-0.2, -0.15) is 5.10 Å². The molecule has 2 heterocycles. The molecular formula is C13H15N3O2.